The maximum Gasteiger partial charge on any atom is 0.272 e. The van der Waals surface area contributed by atoms with Gasteiger partial charge in [0.2, 0.25) is 0 Å². The molecule has 7 heteroatoms. The number of nitro groups is 1. The number of nitrogens with one attached hydrogen (secondary N) is 1. The molecule has 0 heterocycles. The zero-order valence-electron chi connectivity index (χ0n) is 10.9. The number of benzene rings is 2. The molecule has 0 unspecified atom stereocenters. The first-order chi connectivity index (χ1) is 9.88. The summed E-state index contributed by atoms with van der Waals surface area (Å²) in [7, 11) is 0. The van der Waals surface area contributed by atoms with Crippen molar-refractivity contribution in [2.24, 2.45) is 0 Å². The van der Waals surface area contributed by atoms with Gasteiger partial charge in [0.1, 0.15) is 5.82 Å². The molecular weight excluding hydrogens is 390 g/mol. The molecule has 0 bridgehead atoms. The summed E-state index contributed by atoms with van der Waals surface area (Å²) >= 11 is 1.96. The van der Waals surface area contributed by atoms with E-state index < -0.39 is 16.6 Å². The number of hydrogen-bond acceptors (Lipinski definition) is 3. The number of halogens is 2. The van der Waals surface area contributed by atoms with Gasteiger partial charge < -0.3 is 5.32 Å². The minimum absolute atomic E-state index is 0.0630. The summed E-state index contributed by atoms with van der Waals surface area (Å²) in [6.45, 7) is 1.54. The SMILES string of the molecule is Cc1cc(C(=O)Nc2ccc(I)cc2F)ccc1[N+](=O)[O-]. The first-order valence-corrected chi connectivity index (χ1v) is 6.98. The number of aryl methyl sites for hydroxylation is 1. The number of rotatable bonds is 3. The molecule has 0 fully saturated rings. The van der Waals surface area contributed by atoms with E-state index in [1.54, 1.807) is 13.0 Å². The Labute approximate surface area is 133 Å². The normalized spacial score (nSPS) is 10.2. The van der Waals surface area contributed by atoms with Crippen molar-refractivity contribution in [3.63, 3.8) is 0 Å². The van der Waals surface area contributed by atoms with Gasteiger partial charge in [0.25, 0.3) is 11.6 Å². The quantitative estimate of drug-likeness (QED) is 0.483. The Hall–Kier alpha value is -2.03. The number of hydrogen-bond donors (Lipinski definition) is 1. The van der Waals surface area contributed by atoms with Crippen molar-refractivity contribution in [2.75, 3.05) is 5.32 Å². The number of anilines is 1. The minimum Gasteiger partial charge on any atom is -0.319 e. The largest absolute Gasteiger partial charge is 0.319 e. The Bertz CT molecular complexity index is 734. The Morgan fingerprint density at radius 1 is 1.29 bits per heavy atom. The van der Waals surface area contributed by atoms with Gasteiger partial charge in [-0.1, -0.05) is 0 Å². The minimum atomic E-state index is -0.533. The fourth-order valence-electron chi connectivity index (χ4n) is 1.79. The average Bonchev–Trinajstić information content (AvgIpc) is 2.41. The molecule has 0 aliphatic heterocycles. The Kier molecular flexibility index (Phi) is 4.51. The standard InChI is InChI=1S/C14H10FIN2O3/c1-8-6-9(2-5-13(8)18(20)21)14(19)17-12-4-3-10(16)7-11(12)15/h2-7H,1H3,(H,17,19). The highest BCUT2D eigenvalue weighted by atomic mass is 127. The van der Waals surface area contributed by atoms with Crippen molar-refractivity contribution in [2.45, 2.75) is 6.92 Å². The third kappa shape index (κ3) is 3.54. The maximum absolute atomic E-state index is 13.7. The summed E-state index contributed by atoms with van der Waals surface area (Å²) in [6.07, 6.45) is 0. The van der Waals surface area contributed by atoms with Crippen LogP contribution in [0.2, 0.25) is 0 Å². The van der Waals surface area contributed by atoms with Gasteiger partial charge in [0.05, 0.1) is 10.6 Å². The molecular formula is C14H10FIN2O3. The second-order valence-electron chi connectivity index (χ2n) is 4.34. The molecule has 21 heavy (non-hydrogen) atoms. The highest BCUT2D eigenvalue weighted by molar-refractivity contribution is 14.1. The molecule has 0 saturated carbocycles. The molecule has 108 valence electrons. The van der Waals surface area contributed by atoms with Crippen molar-refractivity contribution in [3.05, 3.63) is 67.0 Å². The molecule has 2 rings (SSSR count). The first kappa shape index (κ1) is 15.4. The van der Waals surface area contributed by atoms with Gasteiger partial charge in [0, 0.05) is 20.8 Å². The lowest BCUT2D eigenvalue weighted by molar-refractivity contribution is -0.385. The third-order valence-electron chi connectivity index (χ3n) is 2.84. The highest BCUT2D eigenvalue weighted by Crippen LogP contribution is 2.21. The summed E-state index contributed by atoms with van der Waals surface area (Å²) in [4.78, 5) is 22.2. The highest BCUT2D eigenvalue weighted by Gasteiger charge is 2.15. The third-order valence-corrected chi connectivity index (χ3v) is 3.51. The topological polar surface area (TPSA) is 72.2 Å². The lowest BCUT2D eigenvalue weighted by atomic mass is 10.1. The zero-order chi connectivity index (χ0) is 15.6. The smallest absolute Gasteiger partial charge is 0.272 e. The lowest BCUT2D eigenvalue weighted by Gasteiger charge is -2.07. The molecule has 0 spiro atoms. The van der Waals surface area contributed by atoms with E-state index in [4.69, 9.17) is 0 Å². The second kappa shape index (κ2) is 6.17. The van der Waals surface area contributed by atoms with Crippen molar-refractivity contribution in [3.8, 4) is 0 Å². The number of nitrogens with zero attached hydrogens (tertiary/aromatic N) is 1. The van der Waals surface area contributed by atoms with E-state index >= 15 is 0 Å². The molecule has 0 aliphatic carbocycles. The zero-order valence-corrected chi connectivity index (χ0v) is 13.0. The lowest BCUT2D eigenvalue weighted by Crippen LogP contribution is -2.13. The van der Waals surface area contributed by atoms with Crippen molar-refractivity contribution >= 4 is 39.9 Å². The number of carbonyl (C=O) groups excluding carboxylic acids is 1. The van der Waals surface area contributed by atoms with E-state index in [2.05, 4.69) is 5.32 Å². The Morgan fingerprint density at radius 3 is 2.57 bits per heavy atom. The molecule has 1 amide bonds. The van der Waals surface area contributed by atoms with Crippen LogP contribution in [0.15, 0.2) is 36.4 Å². The van der Waals surface area contributed by atoms with Gasteiger partial charge in [-0.2, -0.15) is 0 Å². The van der Waals surface area contributed by atoms with Crippen LogP contribution in [0.4, 0.5) is 15.8 Å². The van der Waals surface area contributed by atoms with Gasteiger partial charge in [-0.25, -0.2) is 4.39 Å². The summed E-state index contributed by atoms with van der Waals surface area (Å²) in [5, 5.41) is 13.2. The first-order valence-electron chi connectivity index (χ1n) is 5.90. The Morgan fingerprint density at radius 2 is 2.00 bits per heavy atom. The summed E-state index contributed by atoms with van der Waals surface area (Å²) in [5.41, 5.74) is 0.607. The Balaban J connectivity index is 2.24. The van der Waals surface area contributed by atoms with Gasteiger partial charge in [0.15, 0.2) is 0 Å². The number of nitro benzene ring substituents is 1. The van der Waals surface area contributed by atoms with Gasteiger partial charge in [-0.3, -0.25) is 14.9 Å². The average molecular weight is 400 g/mol. The molecule has 0 atom stereocenters. The van der Waals surface area contributed by atoms with Crippen LogP contribution in [0.3, 0.4) is 0 Å². The molecule has 0 radical (unpaired) electrons. The van der Waals surface area contributed by atoms with Crippen LogP contribution in [0.1, 0.15) is 15.9 Å². The van der Waals surface area contributed by atoms with Crippen molar-refractivity contribution in [1.29, 1.82) is 0 Å². The number of amides is 1. The fourth-order valence-corrected chi connectivity index (χ4v) is 2.24. The van der Waals surface area contributed by atoms with Gasteiger partial charge >= 0.3 is 0 Å². The monoisotopic (exact) mass is 400 g/mol. The van der Waals surface area contributed by atoms with Crippen molar-refractivity contribution in [1.82, 2.24) is 0 Å². The van der Waals surface area contributed by atoms with E-state index in [1.165, 1.54) is 30.3 Å². The second-order valence-corrected chi connectivity index (χ2v) is 5.58. The molecule has 0 aromatic heterocycles. The van der Waals surface area contributed by atoms with E-state index in [-0.39, 0.29) is 16.9 Å². The van der Waals surface area contributed by atoms with Gasteiger partial charge in [-0.15, -0.1) is 0 Å². The maximum atomic E-state index is 13.7. The van der Waals surface area contributed by atoms with Crippen LogP contribution in [-0.2, 0) is 0 Å². The van der Waals surface area contributed by atoms with E-state index in [1.807, 2.05) is 22.6 Å². The van der Waals surface area contributed by atoms with E-state index in [0.29, 0.717) is 9.13 Å². The van der Waals surface area contributed by atoms with Crippen LogP contribution < -0.4 is 5.32 Å². The van der Waals surface area contributed by atoms with Crippen LogP contribution in [-0.4, -0.2) is 10.8 Å². The van der Waals surface area contributed by atoms with Crippen LogP contribution in [0, 0.1) is 26.4 Å². The fraction of sp³-hybridized carbons (Fsp3) is 0.0714. The number of carbonyl (C=O) groups is 1. The summed E-state index contributed by atoms with van der Waals surface area (Å²) < 4.78 is 14.4. The summed E-state index contributed by atoms with van der Waals surface area (Å²) in [5.74, 6) is -1.05. The predicted octanol–water partition coefficient (Wildman–Crippen LogP) is 3.90. The summed E-state index contributed by atoms with van der Waals surface area (Å²) in [6, 6.07) is 8.43. The van der Waals surface area contributed by atoms with Crippen molar-refractivity contribution < 1.29 is 14.1 Å². The molecule has 0 aliphatic rings. The molecule has 0 saturated heterocycles. The molecule has 2 aromatic rings. The van der Waals surface area contributed by atoms with E-state index in [0.717, 1.165) is 0 Å². The molecule has 5 nitrogen and oxygen atoms in total. The van der Waals surface area contributed by atoms with Crippen LogP contribution >= 0.6 is 22.6 Å². The molecule has 1 N–H and O–H groups in total. The van der Waals surface area contributed by atoms with Crippen LogP contribution in [0.5, 0.6) is 0 Å². The predicted molar refractivity (Wildman–Crippen MR) is 84.9 cm³/mol. The van der Waals surface area contributed by atoms with E-state index in [9.17, 15) is 19.3 Å². The van der Waals surface area contributed by atoms with Gasteiger partial charge in [-0.05, 0) is 59.8 Å². The van der Waals surface area contributed by atoms with Crippen LogP contribution in [0.25, 0.3) is 0 Å². The molecule has 2 aromatic carbocycles.